The molecule has 4 rings (SSSR count). The highest BCUT2D eigenvalue weighted by Gasteiger charge is 2.30. The summed E-state index contributed by atoms with van der Waals surface area (Å²) < 4.78 is 38.0. The van der Waals surface area contributed by atoms with E-state index < -0.39 is 11.7 Å². The Kier molecular flexibility index (Phi) is 5.24. The summed E-state index contributed by atoms with van der Waals surface area (Å²) in [5.41, 5.74) is 14.0. The van der Waals surface area contributed by atoms with E-state index in [0.29, 0.717) is 13.0 Å². The SMILES string of the molecule is NC1SC(c2ccc3[nH]ncc3c2)=NN1C[C@H](N)Cc1ccc(C(F)(F)F)cc1. The van der Waals surface area contributed by atoms with E-state index in [0.717, 1.165) is 39.2 Å². The van der Waals surface area contributed by atoms with E-state index in [-0.39, 0.29) is 11.5 Å². The smallest absolute Gasteiger partial charge is 0.326 e. The van der Waals surface area contributed by atoms with Crippen LogP contribution in [0.4, 0.5) is 13.2 Å². The third kappa shape index (κ3) is 4.39. The molecule has 1 unspecified atom stereocenters. The van der Waals surface area contributed by atoms with Crippen LogP contribution < -0.4 is 11.5 Å². The van der Waals surface area contributed by atoms with Crippen molar-refractivity contribution in [3.63, 3.8) is 0 Å². The molecule has 0 saturated heterocycles. The first-order chi connectivity index (χ1) is 13.8. The van der Waals surface area contributed by atoms with Gasteiger partial charge in [0.05, 0.1) is 23.8 Å². The predicted molar refractivity (Wildman–Crippen MR) is 108 cm³/mol. The number of nitrogens with two attached hydrogens (primary N) is 2. The average molecular weight is 420 g/mol. The molecular weight excluding hydrogens is 401 g/mol. The van der Waals surface area contributed by atoms with E-state index in [1.165, 1.54) is 23.9 Å². The first-order valence-corrected chi connectivity index (χ1v) is 9.80. The normalized spacial score (nSPS) is 18.3. The molecule has 1 aliphatic rings. The lowest BCUT2D eigenvalue weighted by Crippen LogP contribution is -2.42. The Hall–Kier alpha value is -2.56. The maximum atomic E-state index is 12.7. The molecule has 0 saturated carbocycles. The number of aromatic nitrogens is 2. The Morgan fingerprint density at radius 2 is 1.93 bits per heavy atom. The highest BCUT2D eigenvalue weighted by Crippen LogP contribution is 2.30. The number of benzene rings is 2. The summed E-state index contributed by atoms with van der Waals surface area (Å²) in [4.78, 5) is 0. The molecule has 152 valence electrons. The molecular formula is C19H19F3N6S. The number of thioether (sulfide) groups is 1. The fourth-order valence-electron chi connectivity index (χ4n) is 3.16. The molecule has 10 heteroatoms. The van der Waals surface area contributed by atoms with E-state index in [9.17, 15) is 13.2 Å². The summed E-state index contributed by atoms with van der Waals surface area (Å²) in [6.45, 7) is 0.395. The monoisotopic (exact) mass is 420 g/mol. The zero-order valence-electron chi connectivity index (χ0n) is 15.2. The molecule has 29 heavy (non-hydrogen) atoms. The van der Waals surface area contributed by atoms with E-state index in [1.807, 2.05) is 18.2 Å². The standard InChI is InChI=1S/C19H19F3N6S/c20-19(21,22)14-4-1-11(2-5-14)7-15(23)10-28-18(24)29-17(27-28)12-3-6-16-13(8-12)9-25-26-16/h1-6,8-9,15,18H,7,10,23-24H2,(H,25,26)/t15-,18?/m1/s1. The number of H-pyrrole nitrogens is 1. The number of fused-ring (bicyclic) bond motifs is 1. The molecule has 2 aromatic carbocycles. The third-order valence-electron chi connectivity index (χ3n) is 4.63. The lowest BCUT2D eigenvalue weighted by atomic mass is 10.0. The summed E-state index contributed by atoms with van der Waals surface area (Å²) in [6.07, 6.45) is -2.17. The van der Waals surface area contributed by atoms with Crippen LogP contribution in [-0.4, -0.2) is 38.3 Å². The molecule has 0 amide bonds. The molecule has 0 aliphatic carbocycles. The number of aromatic amines is 1. The summed E-state index contributed by atoms with van der Waals surface area (Å²) >= 11 is 1.43. The number of alkyl halides is 3. The van der Waals surface area contributed by atoms with Gasteiger partial charge in [-0.3, -0.25) is 10.1 Å². The van der Waals surface area contributed by atoms with Crippen molar-refractivity contribution in [3.05, 3.63) is 65.4 Å². The van der Waals surface area contributed by atoms with Gasteiger partial charge in [-0.15, -0.1) is 0 Å². The maximum absolute atomic E-state index is 12.7. The minimum absolute atomic E-state index is 0.321. The van der Waals surface area contributed by atoms with Crippen molar-refractivity contribution in [2.75, 3.05) is 6.54 Å². The summed E-state index contributed by atoms with van der Waals surface area (Å²) in [5.74, 6) is 0. The zero-order chi connectivity index (χ0) is 20.6. The number of rotatable bonds is 5. The van der Waals surface area contributed by atoms with Crippen molar-refractivity contribution in [2.24, 2.45) is 16.6 Å². The molecule has 2 heterocycles. The van der Waals surface area contributed by atoms with Crippen LogP contribution in [-0.2, 0) is 12.6 Å². The largest absolute Gasteiger partial charge is 0.416 e. The average Bonchev–Trinajstić information content (AvgIpc) is 3.27. The molecule has 1 aromatic heterocycles. The maximum Gasteiger partial charge on any atom is 0.416 e. The Bertz CT molecular complexity index is 1030. The van der Waals surface area contributed by atoms with Crippen molar-refractivity contribution in [1.29, 1.82) is 0 Å². The number of hydrogen-bond donors (Lipinski definition) is 3. The van der Waals surface area contributed by atoms with Crippen LogP contribution in [0.3, 0.4) is 0 Å². The molecule has 0 fully saturated rings. The number of hydrogen-bond acceptors (Lipinski definition) is 6. The van der Waals surface area contributed by atoms with Gasteiger partial charge in [0.1, 0.15) is 10.5 Å². The van der Waals surface area contributed by atoms with E-state index in [1.54, 1.807) is 11.2 Å². The zero-order valence-corrected chi connectivity index (χ0v) is 16.0. The molecule has 0 spiro atoms. The van der Waals surface area contributed by atoms with Gasteiger partial charge in [-0.1, -0.05) is 30.0 Å². The Morgan fingerprint density at radius 3 is 2.66 bits per heavy atom. The highest BCUT2D eigenvalue weighted by molar-refractivity contribution is 8.15. The van der Waals surface area contributed by atoms with Crippen LogP contribution in [0.25, 0.3) is 10.9 Å². The lowest BCUT2D eigenvalue weighted by Gasteiger charge is -2.22. The summed E-state index contributed by atoms with van der Waals surface area (Å²) in [5, 5.41) is 15.0. The minimum Gasteiger partial charge on any atom is -0.326 e. The van der Waals surface area contributed by atoms with E-state index in [4.69, 9.17) is 11.5 Å². The summed E-state index contributed by atoms with van der Waals surface area (Å²) in [7, 11) is 0. The van der Waals surface area contributed by atoms with Crippen molar-refractivity contribution >= 4 is 27.7 Å². The van der Waals surface area contributed by atoms with Gasteiger partial charge in [-0.25, -0.2) is 0 Å². The minimum atomic E-state index is -4.34. The van der Waals surface area contributed by atoms with Crippen LogP contribution in [0.15, 0.2) is 53.8 Å². The highest BCUT2D eigenvalue weighted by atomic mass is 32.2. The van der Waals surface area contributed by atoms with Crippen LogP contribution in [0.2, 0.25) is 0 Å². The molecule has 0 radical (unpaired) electrons. The van der Waals surface area contributed by atoms with Crippen molar-refractivity contribution in [1.82, 2.24) is 15.2 Å². The molecule has 6 nitrogen and oxygen atoms in total. The van der Waals surface area contributed by atoms with Crippen LogP contribution in [0.5, 0.6) is 0 Å². The van der Waals surface area contributed by atoms with E-state index in [2.05, 4.69) is 15.3 Å². The molecule has 1 aliphatic heterocycles. The first-order valence-electron chi connectivity index (χ1n) is 8.92. The third-order valence-corrected chi connectivity index (χ3v) is 5.66. The van der Waals surface area contributed by atoms with Gasteiger partial charge in [0.15, 0.2) is 0 Å². The quantitative estimate of drug-likeness (QED) is 0.589. The van der Waals surface area contributed by atoms with Crippen molar-refractivity contribution < 1.29 is 13.2 Å². The van der Waals surface area contributed by atoms with Crippen molar-refractivity contribution in [2.45, 2.75) is 24.1 Å². The van der Waals surface area contributed by atoms with Crippen LogP contribution in [0.1, 0.15) is 16.7 Å². The topological polar surface area (TPSA) is 96.3 Å². The fourth-order valence-corrected chi connectivity index (χ4v) is 4.05. The first kappa shape index (κ1) is 19.7. The predicted octanol–water partition coefficient (Wildman–Crippen LogP) is 3.10. The van der Waals surface area contributed by atoms with E-state index >= 15 is 0 Å². The number of nitrogens with one attached hydrogen (secondary N) is 1. The number of nitrogens with zero attached hydrogens (tertiary/aromatic N) is 3. The molecule has 0 bridgehead atoms. The Balaban J connectivity index is 1.41. The fraction of sp³-hybridized carbons (Fsp3) is 0.263. The lowest BCUT2D eigenvalue weighted by molar-refractivity contribution is -0.137. The van der Waals surface area contributed by atoms with Crippen LogP contribution >= 0.6 is 11.8 Å². The Morgan fingerprint density at radius 1 is 1.17 bits per heavy atom. The second-order valence-electron chi connectivity index (χ2n) is 6.87. The van der Waals surface area contributed by atoms with Gasteiger partial charge in [-0.2, -0.15) is 23.4 Å². The van der Waals surface area contributed by atoms with Crippen molar-refractivity contribution in [3.8, 4) is 0 Å². The molecule has 5 N–H and O–H groups in total. The van der Waals surface area contributed by atoms with Gasteiger partial charge in [0.25, 0.3) is 0 Å². The van der Waals surface area contributed by atoms with Gasteiger partial charge < -0.3 is 11.5 Å². The van der Waals surface area contributed by atoms with Gasteiger partial charge in [0.2, 0.25) is 0 Å². The molecule has 2 atom stereocenters. The van der Waals surface area contributed by atoms with Gasteiger partial charge >= 0.3 is 6.18 Å². The number of hydrazone groups is 1. The second kappa shape index (κ2) is 7.69. The molecule has 3 aromatic rings. The van der Waals surface area contributed by atoms with Gasteiger partial charge in [0, 0.05) is 17.0 Å². The second-order valence-corrected chi connectivity index (χ2v) is 7.97. The van der Waals surface area contributed by atoms with Gasteiger partial charge in [-0.05, 0) is 36.2 Å². The number of halogens is 3. The van der Waals surface area contributed by atoms with Crippen LogP contribution in [0, 0.1) is 0 Å². The summed E-state index contributed by atoms with van der Waals surface area (Å²) in [6, 6.07) is 10.6. The Labute approximate surface area is 169 Å².